The quantitative estimate of drug-likeness (QED) is 0.816. The van der Waals surface area contributed by atoms with Crippen molar-refractivity contribution in [2.75, 3.05) is 13.1 Å². The molecule has 0 saturated carbocycles. The lowest BCUT2D eigenvalue weighted by molar-refractivity contribution is -0.144. The number of hydrogen-bond donors (Lipinski definition) is 1. The Morgan fingerprint density at radius 1 is 1.35 bits per heavy atom. The number of nitrogens with one attached hydrogen (secondary N) is 1. The summed E-state index contributed by atoms with van der Waals surface area (Å²) in [6.45, 7) is 5.84. The van der Waals surface area contributed by atoms with Crippen LogP contribution in [-0.4, -0.2) is 42.2 Å². The van der Waals surface area contributed by atoms with Gasteiger partial charge in [-0.1, -0.05) is 6.42 Å². The molecule has 118 valence electrons. The normalized spacial score (nSPS) is 21.2. The molecule has 1 heterocycles. The second kappa shape index (κ2) is 7.86. The molecule has 1 rings (SSSR count). The van der Waals surface area contributed by atoms with Gasteiger partial charge in [0.1, 0.15) is 0 Å². The number of nitrogens with zero attached hydrogens (tertiary/aromatic N) is 1. The van der Waals surface area contributed by atoms with Gasteiger partial charge >= 0.3 is 6.18 Å². The monoisotopic (exact) mass is 294 g/mol. The van der Waals surface area contributed by atoms with E-state index in [9.17, 15) is 18.0 Å². The van der Waals surface area contributed by atoms with Gasteiger partial charge in [-0.15, -0.1) is 0 Å². The number of likely N-dealkylation sites (tertiary alicyclic amines) is 1. The first-order valence-corrected chi connectivity index (χ1v) is 7.39. The Bertz CT molecular complexity index is 305. The van der Waals surface area contributed by atoms with Gasteiger partial charge in [-0.05, 0) is 39.7 Å². The smallest absolute Gasteiger partial charge is 0.356 e. The lowest BCUT2D eigenvalue weighted by atomic mass is 9.98. The fraction of sp³-hybridized carbons (Fsp3) is 0.929. The number of piperidine rings is 1. The van der Waals surface area contributed by atoms with Crippen molar-refractivity contribution in [3.63, 3.8) is 0 Å². The number of carbonyl (C=O) groups excluding carboxylic acids is 1. The molecule has 20 heavy (non-hydrogen) atoms. The molecule has 6 heteroatoms. The third-order valence-corrected chi connectivity index (χ3v) is 3.77. The van der Waals surface area contributed by atoms with E-state index in [2.05, 4.69) is 24.1 Å². The maximum absolute atomic E-state index is 12.0. The van der Waals surface area contributed by atoms with Crippen LogP contribution in [0.2, 0.25) is 0 Å². The first-order chi connectivity index (χ1) is 9.29. The molecule has 3 nitrogen and oxygen atoms in total. The molecule has 0 bridgehead atoms. The van der Waals surface area contributed by atoms with Crippen LogP contribution >= 0.6 is 0 Å². The number of carbonyl (C=O) groups is 1. The summed E-state index contributed by atoms with van der Waals surface area (Å²) in [5, 5.41) is 2.60. The van der Waals surface area contributed by atoms with E-state index in [-0.39, 0.29) is 0 Å². The van der Waals surface area contributed by atoms with Gasteiger partial charge in [0, 0.05) is 25.0 Å². The van der Waals surface area contributed by atoms with E-state index in [1.807, 2.05) is 0 Å². The SMILES string of the molecule is CC(C)N1CCCC[C@@H]1CCNC(=O)CCC(F)(F)F. The third kappa shape index (κ3) is 6.59. The topological polar surface area (TPSA) is 32.3 Å². The summed E-state index contributed by atoms with van der Waals surface area (Å²) < 4.78 is 35.9. The Morgan fingerprint density at radius 2 is 2.05 bits per heavy atom. The zero-order valence-electron chi connectivity index (χ0n) is 12.3. The molecule has 1 aliphatic heterocycles. The number of amides is 1. The largest absolute Gasteiger partial charge is 0.389 e. The van der Waals surface area contributed by atoms with Crippen molar-refractivity contribution in [3.05, 3.63) is 0 Å². The summed E-state index contributed by atoms with van der Waals surface area (Å²) in [6.07, 6.45) is -1.45. The third-order valence-electron chi connectivity index (χ3n) is 3.77. The molecular formula is C14H25F3N2O. The molecule has 1 N–H and O–H groups in total. The van der Waals surface area contributed by atoms with Crippen LogP contribution in [0.1, 0.15) is 52.4 Å². The Balaban J connectivity index is 2.23. The molecule has 0 aromatic carbocycles. The van der Waals surface area contributed by atoms with Gasteiger partial charge in [-0.3, -0.25) is 9.69 Å². The van der Waals surface area contributed by atoms with Crippen molar-refractivity contribution in [3.8, 4) is 0 Å². The van der Waals surface area contributed by atoms with Crippen LogP contribution in [0.5, 0.6) is 0 Å². The fourth-order valence-corrected chi connectivity index (χ4v) is 2.73. The molecule has 0 unspecified atom stereocenters. The van der Waals surface area contributed by atoms with Crippen LogP contribution in [0.15, 0.2) is 0 Å². The van der Waals surface area contributed by atoms with Crippen LogP contribution in [0.4, 0.5) is 13.2 Å². The first-order valence-electron chi connectivity index (χ1n) is 7.39. The van der Waals surface area contributed by atoms with E-state index < -0.39 is 24.9 Å². The summed E-state index contributed by atoms with van der Waals surface area (Å²) >= 11 is 0. The highest BCUT2D eigenvalue weighted by Gasteiger charge is 2.28. The van der Waals surface area contributed by atoms with Gasteiger partial charge in [0.25, 0.3) is 0 Å². The minimum absolute atomic E-state index is 0.437. The average Bonchev–Trinajstić information content (AvgIpc) is 2.36. The molecular weight excluding hydrogens is 269 g/mol. The van der Waals surface area contributed by atoms with E-state index in [0.29, 0.717) is 18.6 Å². The van der Waals surface area contributed by atoms with Crippen molar-refractivity contribution < 1.29 is 18.0 Å². The number of rotatable bonds is 6. The molecule has 0 spiro atoms. The van der Waals surface area contributed by atoms with Gasteiger partial charge in [-0.25, -0.2) is 0 Å². The van der Waals surface area contributed by atoms with Gasteiger partial charge in [0.05, 0.1) is 6.42 Å². The second-order valence-corrected chi connectivity index (χ2v) is 5.73. The first kappa shape index (κ1) is 17.3. The average molecular weight is 294 g/mol. The Morgan fingerprint density at radius 3 is 2.65 bits per heavy atom. The van der Waals surface area contributed by atoms with Gasteiger partial charge < -0.3 is 5.32 Å². The lowest BCUT2D eigenvalue weighted by Gasteiger charge is -2.38. The standard InChI is InChI=1S/C14H25F3N2O/c1-11(2)19-10-4-3-5-12(19)7-9-18-13(20)6-8-14(15,16)17/h11-12H,3-10H2,1-2H3,(H,18,20)/t12-/m1/s1. The lowest BCUT2D eigenvalue weighted by Crippen LogP contribution is -2.45. The minimum Gasteiger partial charge on any atom is -0.356 e. The summed E-state index contributed by atoms with van der Waals surface area (Å²) in [6, 6.07) is 0.910. The summed E-state index contributed by atoms with van der Waals surface area (Å²) in [7, 11) is 0. The van der Waals surface area contributed by atoms with E-state index in [0.717, 1.165) is 19.4 Å². The predicted octanol–water partition coefficient (Wildman–Crippen LogP) is 3.10. The molecule has 1 amide bonds. The Labute approximate surface area is 118 Å². The van der Waals surface area contributed by atoms with E-state index in [1.165, 1.54) is 12.8 Å². The predicted molar refractivity (Wildman–Crippen MR) is 72.4 cm³/mol. The highest BCUT2D eigenvalue weighted by Crippen LogP contribution is 2.22. The van der Waals surface area contributed by atoms with E-state index in [1.54, 1.807) is 0 Å². The van der Waals surface area contributed by atoms with Crippen LogP contribution < -0.4 is 5.32 Å². The highest BCUT2D eigenvalue weighted by molar-refractivity contribution is 5.75. The molecule has 1 atom stereocenters. The van der Waals surface area contributed by atoms with Crippen molar-refractivity contribution in [1.82, 2.24) is 10.2 Å². The van der Waals surface area contributed by atoms with Crippen LogP contribution in [-0.2, 0) is 4.79 Å². The number of hydrogen-bond acceptors (Lipinski definition) is 2. The summed E-state index contributed by atoms with van der Waals surface area (Å²) in [5.41, 5.74) is 0. The van der Waals surface area contributed by atoms with Crippen molar-refractivity contribution >= 4 is 5.91 Å². The zero-order chi connectivity index (χ0) is 15.2. The molecule has 0 aliphatic carbocycles. The van der Waals surface area contributed by atoms with Gasteiger partial charge in [0.2, 0.25) is 5.91 Å². The minimum atomic E-state index is -4.25. The highest BCUT2D eigenvalue weighted by atomic mass is 19.4. The van der Waals surface area contributed by atoms with Crippen molar-refractivity contribution in [2.24, 2.45) is 0 Å². The molecule has 0 aromatic heterocycles. The maximum Gasteiger partial charge on any atom is 0.389 e. The molecule has 0 aromatic rings. The molecule has 1 aliphatic rings. The molecule has 1 saturated heterocycles. The van der Waals surface area contributed by atoms with E-state index >= 15 is 0 Å². The van der Waals surface area contributed by atoms with Crippen LogP contribution in [0, 0.1) is 0 Å². The Hall–Kier alpha value is -0.780. The second-order valence-electron chi connectivity index (χ2n) is 5.73. The van der Waals surface area contributed by atoms with Crippen molar-refractivity contribution in [1.29, 1.82) is 0 Å². The zero-order valence-corrected chi connectivity index (χ0v) is 12.3. The summed E-state index contributed by atoms with van der Waals surface area (Å²) in [5.74, 6) is -0.505. The van der Waals surface area contributed by atoms with Crippen LogP contribution in [0.25, 0.3) is 0 Å². The van der Waals surface area contributed by atoms with Gasteiger partial charge in [-0.2, -0.15) is 13.2 Å². The Kier molecular flexibility index (Phi) is 6.79. The number of alkyl halides is 3. The molecule has 0 radical (unpaired) electrons. The van der Waals surface area contributed by atoms with Crippen LogP contribution in [0.3, 0.4) is 0 Å². The maximum atomic E-state index is 12.0. The molecule has 1 fully saturated rings. The van der Waals surface area contributed by atoms with E-state index in [4.69, 9.17) is 0 Å². The fourth-order valence-electron chi connectivity index (χ4n) is 2.73. The van der Waals surface area contributed by atoms with Gasteiger partial charge in [0.15, 0.2) is 0 Å². The number of halogens is 3. The van der Waals surface area contributed by atoms with Crippen molar-refractivity contribution in [2.45, 2.75) is 70.6 Å². The summed E-state index contributed by atoms with van der Waals surface area (Å²) in [4.78, 5) is 13.7.